The fourth-order valence-electron chi connectivity index (χ4n) is 4.74. The van der Waals surface area contributed by atoms with E-state index in [0.717, 1.165) is 27.6 Å². The minimum Gasteiger partial charge on any atom is -0.293 e. The Bertz CT molecular complexity index is 1520. The second-order valence-corrected chi connectivity index (χ2v) is 11.0. The summed E-state index contributed by atoms with van der Waals surface area (Å²) in [7, 11) is -3.78. The number of aromatic nitrogens is 1. The molecule has 178 valence electrons. The number of nitrogens with zero attached hydrogens (tertiary/aromatic N) is 2. The van der Waals surface area contributed by atoms with Gasteiger partial charge in [-0.25, -0.2) is 12.4 Å². The minimum absolute atomic E-state index is 0.0883. The van der Waals surface area contributed by atoms with E-state index in [9.17, 15) is 13.2 Å². The van der Waals surface area contributed by atoms with Gasteiger partial charge in [-0.1, -0.05) is 72.3 Å². The van der Waals surface area contributed by atoms with Crippen LogP contribution in [0.25, 0.3) is 10.9 Å². The smallest absolute Gasteiger partial charge is 0.268 e. The normalized spacial score (nSPS) is 17.0. The minimum atomic E-state index is -3.78. The summed E-state index contributed by atoms with van der Waals surface area (Å²) >= 11 is 0. The highest BCUT2D eigenvalue weighted by Gasteiger charge is 2.31. The standard InChI is InChI=1S/C29H28N2O3S/c1-21-12-14-25(15-13-21)35(33,34)31-20-24(26-10-6-7-11-27(26)31)18-28-29(32)22(2)16-17-30(28)19-23-8-4-3-5-9-23/h3-16,20,28H,17-19H2,1-2H3. The predicted octanol–water partition coefficient (Wildman–Crippen LogP) is 5.13. The van der Waals surface area contributed by atoms with Crippen molar-refractivity contribution in [1.82, 2.24) is 8.87 Å². The maximum Gasteiger partial charge on any atom is 0.268 e. The Morgan fingerprint density at radius 2 is 1.57 bits per heavy atom. The van der Waals surface area contributed by atoms with Crippen LogP contribution in [0.15, 0.2) is 102 Å². The number of fused-ring (bicyclic) bond motifs is 1. The first-order chi connectivity index (χ1) is 16.8. The number of Topliss-reactive ketones (excluding diaryl/α,β-unsaturated/α-hetero) is 1. The van der Waals surface area contributed by atoms with Gasteiger partial charge in [0.2, 0.25) is 0 Å². The summed E-state index contributed by atoms with van der Waals surface area (Å²) < 4.78 is 28.5. The Balaban J connectivity index is 1.55. The molecule has 1 aliphatic rings. The molecule has 1 aromatic heterocycles. The lowest BCUT2D eigenvalue weighted by Gasteiger charge is -2.33. The van der Waals surface area contributed by atoms with Gasteiger partial charge in [-0.3, -0.25) is 9.69 Å². The van der Waals surface area contributed by atoms with Crippen LogP contribution in [0.3, 0.4) is 0 Å². The summed E-state index contributed by atoms with van der Waals surface area (Å²) in [5, 5.41) is 0.850. The van der Waals surface area contributed by atoms with Gasteiger partial charge in [0.15, 0.2) is 5.78 Å². The van der Waals surface area contributed by atoms with E-state index in [1.165, 1.54) is 3.97 Å². The van der Waals surface area contributed by atoms with Crippen molar-refractivity contribution in [3.63, 3.8) is 0 Å². The number of carbonyl (C=O) groups is 1. The highest BCUT2D eigenvalue weighted by Crippen LogP contribution is 2.29. The number of benzene rings is 3. The van der Waals surface area contributed by atoms with E-state index in [1.54, 1.807) is 30.5 Å². The number of rotatable bonds is 6. The van der Waals surface area contributed by atoms with Crippen LogP contribution >= 0.6 is 0 Å². The van der Waals surface area contributed by atoms with E-state index >= 15 is 0 Å². The maximum absolute atomic E-state index is 13.6. The molecular weight excluding hydrogens is 456 g/mol. The SMILES string of the molecule is CC1=CCN(Cc2ccccc2)C(Cc2cn(S(=O)(=O)c3ccc(C)cc3)c3ccccc23)C1=O. The van der Waals surface area contributed by atoms with Crippen molar-refractivity contribution < 1.29 is 13.2 Å². The third kappa shape index (κ3) is 4.47. The van der Waals surface area contributed by atoms with E-state index in [-0.39, 0.29) is 16.7 Å². The van der Waals surface area contributed by atoms with Crippen molar-refractivity contribution in [3.8, 4) is 0 Å². The Morgan fingerprint density at radius 3 is 2.31 bits per heavy atom. The second-order valence-electron chi connectivity index (χ2n) is 9.17. The third-order valence-corrected chi connectivity index (χ3v) is 8.43. The molecule has 2 heterocycles. The largest absolute Gasteiger partial charge is 0.293 e. The average molecular weight is 485 g/mol. The van der Waals surface area contributed by atoms with Gasteiger partial charge >= 0.3 is 0 Å². The van der Waals surface area contributed by atoms with Crippen LogP contribution < -0.4 is 0 Å². The average Bonchev–Trinajstić information content (AvgIpc) is 3.24. The molecule has 1 aliphatic heterocycles. The summed E-state index contributed by atoms with van der Waals surface area (Å²) in [5.41, 5.74) is 4.37. The first kappa shape index (κ1) is 23.3. The summed E-state index contributed by atoms with van der Waals surface area (Å²) in [6, 6.07) is 24.1. The molecule has 0 bridgehead atoms. The third-order valence-electron chi connectivity index (χ3n) is 6.74. The molecule has 0 amide bonds. The summed E-state index contributed by atoms with van der Waals surface area (Å²) in [4.78, 5) is 15.7. The molecule has 6 heteroatoms. The lowest BCUT2D eigenvalue weighted by Crippen LogP contribution is -2.45. The molecule has 0 fully saturated rings. The highest BCUT2D eigenvalue weighted by atomic mass is 32.2. The fraction of sp³-hybridized carbons (Fsp3) is 0.207. The van der Waals surface area contributed by atoms with Gasteiger partial charge < -0.3 is 0 Å². The van der Waals surface area contributed by atoms with E-state index in [1.807, 2.05) is 62.4 Å². The topological polar surface area (TPSA) is 59.4 Å². The Morgan fingerprint density at radius 1 is 0.886 bits per heavy atom. The molecule has 1 unspecified atom stereocenters. The van der Waals surface area contributed by atoms with E-state index in [4.69, 9.17) is 0 Å². The number of aryl methyl sites for hydroxylation is 1. The van der Waals surface area contributed by atoms with Crippen molar-refractivity contribution in [2.24, 2.45) is 0 Å². The summed E-state index contributed by atoms with van der Waals surface area (Å²) in [6.45, 7) is 5.12. The van der Waals surface area contributed by atoms with Gasteiger partial charge in [0, 0.05) is 24.7 Å². The number of carbonyl (C=O) groups excluding carboxylic acids is 1. The first-order valence-electron chi connectivity index (χ1n) is 11.7. The zero-order chi connectivity index (χ0) is 24.6. The molecule has 3 aromatic carbocycles. The molecule has 0 saturated heterocycles. The van der Waals surface area contributed by atoms with Crippen molar-refractivity contribution >= 4 is 26.7 Å². The van der Waals surface area contributed by atoms with Gasteiger partial charge in [-0.15, -0.1) is 0 Å². The number of ketones is 1. The molecule has 0 spiro atoms. The Hall–Kier alpha value is -3.48. The Labute approximate surface area is 206 Å². The molecule has 5 nitrogen and oxygen atoms in total. The molecule has 5 rings (SSSR count). The van der Waals surface area contributed by atoms with Crippen molar-refractivity contribution in [2.45, 2.75) is 37.8 Å². The number of para-hydroxylation sites is 1. The van der Waals surface area contributed by atoms with Gasteiger partial charge in [0.25, 0.3) is 10.0 Å². The van der Waals surface area contributed by atoms with Gasteiger partial charge in [0.05, 0.1) is 16.5 Å². The molecule has 4 aromatic rings. The lowest BCUT2D eigenvalue weighted by molar-refractivity contribution is -0.121. The lowest BCUT2D eigenvalue weighted by atomic mass is 9.93. The molecule has 0 saturated carbocycles. The molecule has 35 heavy (non-hydrogen) atoms. The predicted molar refractivity (Wildman–Crippen MR) is 139 cm³/mol. The molecule has 0 N–H and O–H groups in total. The van der Waals surface area contributed by atoms with Crippen LogP contribution in [0.1, 0.15) is 23.6 Å². The van der Waals surface area contributed by atoms with E-state index in [0.29, 0.717) is 25.0 Å². The van der Waals surface area contributed by atoms with E-state index in [2.05, 4.69) is 17.0 Å². The molecule has 1 atom stereocenters. The molecule has 0 aliphatic carbocycles. The van der Waals surface area contributed by atoms with Gasteiger partial charge in [-0.05, 0) is 55.2 Å². The van der Waals surface area contributed by atoms with Crippen LogP contribution in [-0.4, -0.2) is 35.7 Å². The first-order valence-corrected chi connectivity index (χ1v) is 13.2. The molecule has 0 radical (unpaired) electrons. The summed E-state index contributed by atoms with van der Waals surface area (Å²) in [6.07, 6.45) is 4.11. The highest BCUT2D eigenvalue weighted by molar-refractivity contribution is 7.90. The van der Waals surface area contributed by atoms with Crippen LogP contribution in [0.4, 0.5) is 0 Å². The van der Waals surface area contributed by atoms with E-state index < -0.39 is 10.0 Å². The van der Waals surface area contributed by atoms with Crippen molar-refractivity contribution in [3.05, 3.63) is 113 Å². The zero-order valence-electron chi connectivity index (χ0n) is 19.9. The van der Waals surface area contributed by atoms with Crippen LogP contribution in [0.2, 0.25) is 0 Å². The van der Waals surface area contributed by atoms with Gasteiger partial charge in [-0.2, -0.15) is 0 Å². The zero-order valence-corrected chi connectivity index (χ0v) is 20.7. The number of hydrogen-bond acceptors (Lipinski definition) is 4. The van der Waals surface area contributed by atoms with Gasteiger partial charge in [0.1, 0.15) is 0 Å². The fourth-order valence-corrected chi connectivity index (χ4v) is 6.13. The van der Waals surface area contributed by atoms with Crippen molar-refractivity contribution in [1.29, 1.82) is 0 Å². The van der Waals surface area contributed by atoms with Crippen LogP contribution in [0, 0.1) is 6.92 Å². The van der Waals surface area contributed by atoms with Crippen molar-refractivity contribution in [2.75, 3.05) is 6.54 Å². The summed E-state index contributed by atoms with van der Waals surface area (Å²) in [5.74, 6) is 0.0883. The van der Waals surface area contributed by atoms with Crippen LogP contribution in [-0.2, 0) is 27.8 Å². The molecular formula is C29H28N2O3S. The number of hydrogen-bond donors (Lipinski definition) is 0. The monoisotopic (exact) mass is 484 g/mol. The van der Waals surface area contributed by atoms with Crippen LogP contribution in [0.5, 0.6) is 0 Å². The Kier molecular flexibility index (Phi) is 6.17. The maximum atomic E-state index is 13.6. The second kappa shape index (κ2) is 9.29. The quantitative estimate of drug-likeness (QED) is 0.381.